The molecule has 3 aromatic carbocycles. The number of hydrogen-bond donors (Lipinski definition) is 1. The van der Waals surface area contributed by atoms with Crippen LogP contribution in [0.1, 0.15) is 26.3 Å². The summed E-state index contributed by atoms with van der Waals surface area (Å²) in [5, 5.41) is 2.61. The number of esters is 1. The first kappa shape index (κ1) is 24.5. The smallest absolute Gasteiger partial charge is 0.330 e. The largest absolute Gasteiger partial charge is 0.497 e. The molecule has 1 aliphatic heterocycles. The van der Waals surface area contributed by atoms with Crippen LogP contribution in [0.2, 0.25) is 0 Å². The number of amides is 3. The second-order valence-electron chi connectivity index (χ2n) is 7.99. The number of fused-ring (bicyclic) bond motifs is 1. The summed E-state index contributed by atoms with van der Waals surface area (Å²) in [5.74, 6) is -1.71. The molecule has 0 saturated carbocycles. The molecule has 0 aromatic heterocycles. The van der Waals surface area contributed by atoms with E-state index in [1.54, 1.807) is 54.6 Å². The highest BCUT2D eigenvalue weighted by molar-refractivity contribution is 6.22. The summed E-state index contributed by atoms with van der Waals surface area (Å²) in [6, 6.07) is 18.9. The van der Waals surface area contributed by atoms with Crippen LogP contribution >= 0.6 is 0 Å². The average molecular weight is 488 g/mol. The summed E-state index contributed by atoms with van der Waals surface area (Å²) in [7, 11) is 2.96. The Labute approximate surface area is 207 Å². The van der Waals surface area contributed by atoms with E-state index in [1.807, 2.05) is 6.07 Å². The van der Waals surface area contributed by atoms with Gasteiger partial charge in [-0.15, -0.1) is 0 Å². The minimum absolute atomic E-state index is 0.0415. The van der Waals surface area contributed by atoms with Crippen LogP contribution in [-0.2, 0) is 20.7 Å². The van der Waals surface area contributed by atoms with Crippen molar-refractivity contribution < 1.29 is 33.4 Å². The summed E-state index contributed by atoms with van der Waals surface area (Å²) < 4.78 is 15.6. The van der Waals surface area contributed by atoms with Crippen molar-refractivity contribution in [2.75, 3.05) is 26.1 Å². The van der Waals surface area contributed by atoms with Crippen LogP contribution in [0.25, 0.3) is 0 Å². The molecule has 0 radical (unpaired) electrons. The van der Waals surface area contributed by atoms with Crippen LogP contribution in [0.3, 0.4) is 0 Å². The van der Waals surface area contributed by atoms with Crippen LogP contribution < -0.4 is 14.8 Å². The van der Waals surface area contributed by atoms with Crippen LogP contribution in [-0.4, -0.2) is 55.5 Å². The molecule has 3 aromatic rings. The van der Waals surface area contributed by atoms with Crippen LogP contribution in [0, 0.1) is 0 Å². The Morgan fingerprint density at radius 3 is 1.94 bits per heavy atom. The highest BCUT2D eigenvalue weighted by atomic mass is 16.5. The number of rotatable bonds is 9. The Balaban J connectivity index is 1.50. The van der Waals surface area contributed by atoms with E-state index in [4.69, 9.17) is 14.2 Å². The zero-order chi connectivity index (χ0) is 25.7. The molecule has 0 saturated heterocycles. The number of benzene rings is 3. The topological polar surface area (TPSA) is 111 Å². The predicted octanol–water partition coefficient (Wildman–Crippen LogP) is 3.09. The third-order valence-corrected chi connectivity index (χ3v) is 5.66. The molecule has 1 aliphatic rings. The lowest BCUT2D eigenvalue weighted by Gasteiger charge is -2.24. The third-order valence-electron chi connectivity index (χ3n) is 5.66. The summed E-state index contributed by atoms with van der Waals surface area (Å²) >= 11 is 0. The Kier molecular flexibility index (Phi) is 7.29. The van der Waals surface area contributed by atoms with E-state index in [0.717, 1.165) is 10.5 Å². The van der Waals surface area contributed by atoms with Gasteiger partial charge in [-0.25, -0.2) is 4.79 Å². The van der Waals surface area contributed by atoms with Crippen LogP contribution in [0.4, 0.5) is 5.69 Å². The zero-order valence-corrected chi connectivity index (χ0v) is 19.7. The summed E-state index contributed by atoms with van der Waals surface area (Å²) in [6.07, 6.45) is 0.0415. The Morgan fingerprint density at radius 1 is 0.833 bits per heavy atom. The molecule has 9 heteroatoms. The van der Waals surface area contributed by atoms with Gasteiger partial charge in [-0.3, -0.25) is 19.3 Å². The molecule has 4 rings (SSSR count). The van der Waals surface area contributed by atoms with Gasteiger partial charge in [0.1, 0.15) is 17.5 Å². The van der Waals surface area contributed by atoms with Crippen molar-refractivity contribution in [3.8, 4) is 11.5 Å². The molecular formula is C27H24N2O7. The van der Waals surface area contributed by atoms with Crippen LogP contribution in [0.5, 0.6) is 11.5 Å². The van der Waals surface area contributed by atoms with E-state index in [2.05, 4.69) is 5.32 Å². The fraction of sp³-hybridized carbons (Fsp3) is 0.185. The lowest BCUT2D eigenvalue weighted by molar-refractivity contribution is -0.151. The van der Waals surface area contributed by atoms with Gasteiger partial charge in [-0.1, -0.05) is 42.5 Å². The molecule has 0 unspecified atom stereocenters. The monoisotopic (exact) mass is 488 g/mol. The number of anilines is 1. The first-order chi connectivity index (χ1) is 17.4. The number of carbonyl (C=O) groups is 4. The van der Waals surface area contributed by atoms with Gasteiger partial charge in [-0.2, -0.15) is 0 Å². The fourth-order valence-corrected chi connectivity index (χ4v) is 3.92. The molecule has 0 spiro atoms. The molecule has 0 aliphatic carbocycles. The highest BCUT2D eigenvalue weighted by Crippen LogP contribution is 2.27. The van der Waals surface area contributed by atoms with Gasteiger partial charge >= 0.3 is 5.97 Å². The van der Waals surface area contributed by atoms with E-state index in [-0.39, 0.29) is 17.5 Å². The number of nitrogens with zero attached hydrogens (tertiary/aromatic N) is 1. The number of carbonyl (C=O) groups excluding carboxylic acids is 4. The van der Waals surface area contributed by atoms with Crippen molar-refractivity contribution in [3.05, 3.63) is 89.5 Å². The summed E-state index contributed by atoms with van der Waals surface area (Å²) in [4.78, 5) is 52.6. The normalized spacial score (nSPS) is 13.1. The summed E-state index contributed by atoms with van der Waals surface area (Å²) in [6.45, 7) is -0.618. The molecular weight excluding hydrogens is 464 g/mol. The first-order valence-electron chi connectivity index (χ1n) is 11.1. The molecule has 0 fully saturated rings. The molecule has 9 nitrogen and oxygen atoms in total. The minimum Gasteiger partial charge on any atom is -0.497 e. The molecule has 1 atom stereocenters. The van der Waals surface area contributed by atoms with Crippen molar-refractivity contribution in [3.63, 3.8) is 0 Å². The van der Waals surface area contributed by atoms with Crippen molar-refractivity contribution >= 4 is 29.4 Å². The summed E-state index contributed by atoms with van der Waals surface area (Å²) in [5.41, 5.74) is 1.55. The number of imide groups is 1. The third kappa shape index (κ3) is 5.20. The van der Waals surface area contributed by atoms with Gasteiger partial charge in [0.25, 0.3) is 17.7 Å². The molecule has 36 heavy (non-hydrogen) atoms. The molecule has 1 N–H and O–H groups in total. The second-order valence-corrected chi connectivity index (χ2v) is 7.99. The maximum Gasteiger partial charge on any atom is 0.330 e. The van der Waals surface area contributed by atoms with Gasteiger partial charge in [-0.05, 0) is 17.7 Å². The first-order valence-corrected chi connectivity index (χ1v) is 11.1. The minimum atomic E-state index is -1.25. The number of nitrogens with one attached hydrogen (secondary N) is 1. The molecule has 0 bridgehead atoms. The molecule has 184 valence electrons. The quantitative estimate of drug-likeness (QED) is 0.364. The van der Waals surface area contributed by atoms with Gasteiger partial charge in [0.05, 0.1) is 25.3 Å². The van der Waals surface area contributed by atoms with E-state index >= 15 is 0 Å². The predicted molar refractivity (Wildman–Crippen MR) is 130 cm³/mol. The standard InChI is InChI=1S/C27H24N2O7/c1-34-19-13-18(14-20(15-19)35-2)28-24(30)16-36-27(33)23(12-17-8-4-3-5-9-17)29-25(31)21-10-6-7-11-22(21)26(29)32/h3-11,13-15,23H,12,16H2,1-2H3,(H,28,30)/t23-/m0/s1. The maximum absolute atomic E-state index is 13.1. The zero-order valence-electron chi connectivity index (χ0n) is 19.7. The molecule has 3 amide bonds. The Morgan fingerprint density at radius 2 is 1.39 bits per heavy atom. The van der Waals surface area contributed by atoms with Gasteiger partial charge in [0.15, 0.2) is 6.61 Å². The maximum atomic E-state index is 13.1. The van der Waals surface area contributed by atoms with Crippen molar-refractivity contribution in [2.24, 2.45) is 0 Å². The van der Waals surface area contributed by atoms with Crippen molar-refractivity contribution in [2.45, 2.75) is 12.5 Å². The average Bonchev–Trinajstić information content (AvgIpc) is 3.15. The fourth-order valence-electron chi connectivity index (χ4n) is 3.92. The van der Waals surface area contributed by atoms with Gasteiger partial charge < -0.3 is 19.5 Å². The van der Waals surface area contributed by atoms with Crippen LogP contribution in [0.15, 0.2) is 72.8 Å². The van der Waals surface area contributed by atoms with Crippen molar-refractivity contribution in [1.29, 1.82) is 0 Å². The highest BCUT2D eigenvalue weighted by Gasteiger charge is 2.43. The van der Waals surface area contributed by atoms with Gasteiger partial charge in [0, 0.05) is 30.3 Å². The Bertz CT molecular complexity index is 1250. The number of methoxy groups -OCH3 is 2. The van der Waals surface area contributed by atoms with E-state index in [1.165, 1.54) is 26.4 Å². The Hall–Kier alpha value is -4.66. The lowest BCUT2D eigenvalue weighted by atomic mass is 10.0. The molecule has 1 heterocycles. The van der Waals surface area contributed by atoms with E-state index in [0.29, 0.717) is 17.2 Å². The second kappa shape index (κ2) is 10.7. The van der Waals surface area contributed by atoms with Crippen molar-refractivity contribution in [1.82, 2.24) is 4.90 Å². The number of hydrogen-bond acceptors (Lipinski definition) is 7. The van der Waals surface area contributed by atoms with Gasteiger partial charge in [0.2, 0.25) is 0 Å². The SMILES string of the molecule is COc1cc(NC(=O)COC(=O)[C@H](Cc2ccccc2)N2C(=O)c3ccccc3C2=O)cc(OC)c1. The van der Waals surface area contributed by atoms with E-state index < -0.39 is 36.3 Å². The van der Waals surface area contributed by atoms with E-state index in [9.17, 15) is 19.2 Å². The number of ether oxygens (including phenoxy) is 3. The lowest BCUT2D eigenvalue weighted by Crippen LogP contribution is -2.47.